The first-order valence-corrected chi connectivity index (χ1v) is 11.2. The summed E-state index contributed by atoms with van der Waals surface area (Å²) in [7, 11) is -1.18. The van der Waals surface area contributed by atoms with Gasteiger partial charge in [0.05, 0.1) is 11.4 Å². The molecule has 1 fully saturated rings. The second-order valence-corrected chi connectivity index (χ2v) is 9.02. The SMILES string of the molecule is CN(CCCCNC(=O)c1cccc(N2CCCS2(=O)=O)c1)c1ccccc1. The normalized spacial score (nSPS) is 15.4. The fourth-order valence-corrected chi connectivity index (χ4v) is 4.88. The molecule has 1 saturated heterocycles. The number of benzene rings is 2. The number of hydrogen-bond acceptors (Lipinski definition) is 4. The molecular weight excluding hydrogens is 374 g/mol. The van der Waals surface area contributed by atoms with Crippen LogP contribution in [0.1, 0.15) is 29.6 Å². The monoisotopic (exact) mass is 401 g/mol. The molecule has 0 unspecified atom stereocenters. The summed E-state index contributed by atoms with van der Waals surface area (Å²) in [5.74, 6) is -0.00392. The van der Waals surface area contributed by atoms with E-state index in [9.17, 15) is 13.2 Å². The van der Waals surface area contributed by atoms with Crippen molar-refractivity contribution in [3.8, 4) is 0 Å². The zero-order valence-corrected chi connectivity index (χ0v) is 17.0. The van der Waals surface area contributed by atoms with Gasteiger partial charge < -0.3 is 10.2 Å². The first-order valence-electron chi connectivity index (χ1n) is 9.62. The van der Waals surface area contributed by atoms with Crippen molar-refractivity contribution in [3.63, 3.8) is 0 Å². The Morgan fingerprint density at radius 2 is 1.89 bits per heavy atom. The van der Waals surface area contributed by atoms with Crippen LogP contribution in [0.5, 0.6) is 0 Å². The third-order valence-electron chi connectivity index (χ3n) is 4.90. The third-order valence-corrected chi connectivity index (χ3v) is 6.77. The molecule has 1 aliphatic heterocycles. The van der Waals surface area contributed by atoms with Crippen LogP contribution in [0.25, 0.3) is 0 Å². The zero-order valence-electron chi connectivity index (χ0n) is 16.2. The summed E-state index contributed by atoms with van der Waals surface area (Å²) in [6.07, 6.45) is 2.47. The van der Waals surface area contributed by atoms with Crippen LogP contribution in [0.4, 0.5) is 11.4 Å². The molecule has 1 N–H and O–H groups in total. The van der Waals surface area contributed by atoms with Crippen molar-refractivity contribution in [3.05, 3.63) is 60.2 Å². The van der Waals surface area contributed by atoms with Gasteiger partial charge in [-0.05, 0) is 49.6 Å². The van der Waals surface area contributed by atoms with Crippen LogP contribution in [0, 0.1) is 0 Å². The van der Waals surface area contributed by atoms with E-state index >= 15 is 0 Å². The van der Waals surface area contributed by atoms with E-state index in [1.54, 1.807) is 24.3 Å². The molecule has 6 nitrogen and oxygen atoms in total. The average molecular weight is 402 g/mol. The lowest BCUT2D eigenvalue weighted by Crippen LogP contribution is -2.27. The highest BCUT2D eigenvalue weighted by molar-refractivity contribution is 7.93. The summed E-state index contributed by atoms with van der Waals surface area (Å²) < 4.78 is 25.5. The second-order valence-electron chi connectivity index (χ2n) is 7.01. The van der Waals surface area contributed by atoms with E-state index in [4.69, 9.17) is 0 Å². The number of carbonyl (C=O) groups is 1. The van der Waals surface area contributed by atoms with Crippen LogP contribution >= 0.6 is 0 Å². The Hall–Kier alpha value is -2.54. The summed E-state index contributed by atoms with van der Waals surface area (Å²) in [4.78, 5) is 14.6. The van der Waals surface area contributed by atoms with E-state index < -0.39 is 10.0 Å². The second kappa shape index (κ2) is 9.10. The number of nitrogens with zero attached hydrogens (tertiary/aromatic N) is 2. The zero-order chi connectivity index (χ0) is 20.0. The number of carbonyl (C=O) groups excluding carboxylic acids is 1. The van der Waals surface area contributed by atoms with E-state index in [2.05, 4.69) is 29.4 Å². The van der Waals surface area contributed by atoms with Gasteiger partial charge in [0.2, 0.25) is 10.0 Å². The van der Waals surface area contributed by atoms with Crippen molar-refractivity contribution in [2.75, 3.05) is 41.6 Å². The minimum atomic E-state index is -3.24. The van der Waals surface area contributed by atoms with E-state index in [-0.39, 0.29) is 11.7 Å². The summed E-state index contributed by atoms with van der Waals surface area (Å²) >= 11 is 0. The largest absolute Gasteiger partial charge is 0.375 e. The standard InChI is InChI=1S/C21H27N3O3S/c1-23(19-10-3-2-4-11-19)14-6-5-13-22-21(25)18-9-7-12-20(17-18)24-15-8-16-28(24,26)27/h2-4,7,9-12,17H,5-6,8,13-16H2,1H3,(H,22,25). The molecule has 1 aliphatic rings. The predicted octanol–water partition coefficient (Wildman–Crippen LogP) is 2.87. The highest BCUT2D eigenvalue weighted by Gasteiger charge is 2.28. The lowest BCUT2D eigenvalue weighted by atomic mass is 10.2. The van der Waals surface area contributed by atoms with Gasteiger partial charge in [-0.15, -0.1) is 0 Å². The number of anilines is 2. The summed E-state index contributed by atoms with van der Waals surface area (Å²) in [6, 6.07) is 17.0. The van der Waals surface area contributed by atoms with Gasteiger partial charge in [-0.25, -0.2) is 8.42 Å². The van der Waals surface area contributed by atoms with Crippen LogP contribution in [-0.2, 0) is 10.0 Å². The Bertz CT molecular complexity index is 900. The first-order chi connectivity index (χ1) is 13.5. The van der Waals surface area contributed by atoms with Gasteiger partial charge in [0.1, 0.15) is 0 Å². The Kier molecular flexibility index (Phi) is 6.57. The molecule has 1 amide bonds. The van der Waals surface area contributed by atoms with Crippen LogP contribution in [0.2, 0.25) is 0 Å². The van der Waals surface area contributed by atoms with Gasteiger partial charge in [0.15, 0.2) is 0 Å². The molecule has 2 aromatic carbocycles. The lowest BCUT2D eigenvalue weighted by molar-refractivity contribution is 0.0953. The van der Waals surface area contributed by atoms with Crippen LogP contribution in [0.15, 0.2) is 54.6 Å². The molecule has 150 valence electrons. The molecule has 0 aliphatic carbocycles. The average Bonchev–Trinajstić information content (AvgIpc) is 3.07. The molecule has 0 radical (unpaired) electrons. The van der Waals surface area contributed by atoms with E-state index in [0.717, 1.165) is 19.4 Å². The molecule has 2 aromatic rings. The van der Waals surface area contributed by atoms with E-state index in [1.807, 2.05) is 18.2 Å². The summed E-state index contributed by atoms with van der Waals surface area (Å²) in [5.41, 5.74) is 2.23. The van der Waals surface area contributed by atoms with Crippen molar-refractivity contribution in [2.24, 2.45) is 0 Å². The summed E-state index contributed by atoms with van der Waals surface area (Å²) in [5, 5.41) is 2.93. The number of para-hydroxylation sites is 1. The van der Waals surface area contributed by atoms with Gasteiger partial charge in [-0.3, -0.25) is 9.10 Å². The van der Waals surface area contributed by atoms with Crippen LogP contribution in [0.3, 0.4) is 0 Å². The highest BCUT2D eigenvalue weighted by atomic mass is 32.2. The highest BCUT2D eigenvalue weighted by Crippen LogP contribution is 2.24. The molecule has 0 saturated carbocycles. The molecule has 1 heterocycles. The molecule has 0 spiro atoms. The van der Waals surface area contributed by atoms with Crippen molar-refractivity contribution in [1.29, 1.82) is 0 Å². The number of rotatable bonds is 8. The van der Waals surface area contributed by atoms with Gasteiger partial charge in [0, 0.05) is 37.9 Å². The summed E-state index contributed by atoms with van der Waals surface area (Å²) in [6.45, 7) is 1.98. The number of nitrogens with one attached hydrogen (secondary N) is 1. The predicted molar refractivity (Wildman–Crippen MR) is 113 cm³/mol. The molecule has 0 bridgehead atoms. The maximum absolute atomic E-state index is 12.4. The lowest BCUT2D eigenvalue weighted by Gasteiger charge is -2.19. The molecule has 3 rings (SSSR count). The van der Waals surface area contributed by atoms with Gasteiger partial charge in [-0.1, -0.05) is 24.3 Å². The van der Waals surface area contributed by atoms with Gasteiger partial charge in [-0.2, -0.15) is 0 Å². The Morgan fingerprint density at radius 3 is 2.61 bits per heavy atom. The van der Waals surface area contributed by atoms with Crippen molar-refractivity contribution >= 4 is 27.3 Å². The quantitative estimate of drug-likeness (QED) is 0.691. The maximum Gasteiger partial charge on any atom is 0.251 e. The fourth-order valence-electron chi connectivity index (χ4n) is 3.32. The van der Waals surface area contributed by atoms with E-state index in [0.29, 0.717) is 30.8 Å². The van der Waals surface area contributed by atoms with Gasteiger partial charge in [0.25, 0.3) is 5.91 Å². The first kappa shape index (κ1) is 20.2. The molecule has 28 heavy (non-hydrogen) atoms. The Balaban J connectivity index is 1.46. The molecule has 0 atom stereocenters. The van der Waals surface area contributed by atoms with Crippen molar-refractivity contribution in [1.82, 2.24) is 5.32 Å². The number of sulfonamides is 1. The van der Waals surface area contributed by atoms with Crippen LogP contribution in [-0.4, -0.2) is 46.8 Å². The smallest absolute Gasteiger partial charge is 0.251 e. The molecular formula is C21H27N3O3S. The molecule has 7 heteroatoms. The Labute approximate surface area is 167 Å². The number of amides is 1. The van der Waals surface area contributed by atoms with Gasteiger partial charge >= 0.3 is 0 Å². The molecule has 0 aromatic heterocycles. The topological polar surface area (TPSA) is 69.7 Å². The number of hydrogen-bond donors (Lipinski definition) is 1. The van der Waals surface area contributed by atoms with Crippen LogP contribution < -0.4 is 14.5 Å². The number of unbranched alkanes of at least 4 members (excludes halogenated alkanes) is 1. The van der Waals surface area contributed by atoms with Crippen molar-refractivity contribution < 1.29 is 13.2 Å². The maximum atomic E-state index is 12.4. The minimum absolute atomic E-state index is 0.168. The fraction of sp³-hybridized carbons (Fsp3) is 0.381. The minimum Gasteiger partial charge on any atom is -0.375 e. The third kappa shape index (κ3) is 5.04. The Morgan fingerprint density at radius 1 is 1.11 bits per heavy atom. The van der Waals surface area contributed by atoms with Crippen molar-refractivity contribution in [2.45, 2.75) is 19.3 Å². The van der Waals surface area contributed by atoms with E-state index in [1.165, 1.54) is 9.99 Å².